The Kier molecular flexibility index (Phi) is 4.91. The third-order valence-corrected chi connectivity index (χ3v) is 13.4. The van der Waals surface area contributed by atoms with Crippen molar-refractivity contribution in [2.24, 2.45) is 22.2 Å². The van der Waals surface area contributed by atoms with Crippen LogP contribution in [-0.4, -0.2) is 13.9 Å². The Labute approximate surface area is 168 Å². The summed E-state index contributed by atoms with van der Waals surface area (Å²) in [5.74, 6) is 4.88. The maximum atomic E-state index is 12.7. The van der Waals surface area contributed by atoms with Crippen molar-refractivity contribution >= 4 is 13.9 Å². The van der Waals surface area contributed by atoms with Crippen LogP contribution in [0.2, 0.25) is 18.1 Å². The van der Waals surface area contributed by atoms with Crippen molar-refractivity contribution in [3.8, 4) is 11.5 Å². The molecule has 3 aliphatic rings. The molecule has 0 aromatic heterocycles. The van der Waals surface area contributed by atoms with Gasteiger partial charge in [0.25, 0.3) is 0 Å². The predicted molar refractivity (Wildman–Crippen MR) is 118 cm³/mol. The molecule has 0 aliphatic heterocycles. The number of hydrogen-bond acceptors (Lipinski definition) is 1. The molecule has 2 saturated carbocycles. The third kappa shape index (κ3) is 3.19. The van der Waals surface area contributed by atoms with Crippen molar-refractivity contribution in [2.75, 3.05) is 0 Å². The minimum atomic E-state index is -1.62. The van der Waals surface area contributed by atoms with Crippen LogP contribution >= 0.6 is 0 Å². The maximum Gasteiger partial charge on any atom is 0.138 e. The van der Waals surface area contributed by atoms with Gasteiger partial charge in [0.05, 0.1) is 5.41 Å². The van der Waals surface area contributed by atoms with Crippen molar-refractivity contribution in [3.05, 3.63) is 11.6 Å². The van der Waals surface area contributed by atoms with E-state index in [2.05, 4.69) is 72.2 Å². The van der Waals surface area contributed by atoms with Crippen molar-refractivity contribution < 1.29 is 4.79 Å². The number of hydrogen-bond donors (Lipinski definition) is 0. The van der Waals surface area contributed by atoms with E-state index in [0.717, 1.165) is 25.7 Å². The molecule has 0 unspecified atom stereocenters. The predicted octanol–water partition coefficient (Wildman–Crippen LogP) is 6.94. The summed E-state index contributed by atoms with van der Waals surface area (Å²) in [6.45, 7) is 18.8. The summed E-state index contributed by atoms with van der Waals surface area (Å²) >= 11 is 0. The van der Waals surface area contributed by atoms with Gasteiger partial charge in [-0.3, -0.25) is 4.79 Å². The summed E-state index contributed by atoms with van der Waals surface area (Å²) in [4.78, 5) is 12.7. The smallest absolute Gasteiger partial charge is 0.138 e. The molecule has 1 nitrogen and oxygen atoms in total. The fourth-order valence-corrected chi connectivity index (χ4v) is 6.86. The zero-order valence-electron chi connectivity index (χ0n) is 19.0. The molecule has 0 heterocycles. The van der Waals surface area contributed by atoms with Gasteiger partial charge < -0.3 is 0 Å². The number of fused-ring (bicyclic) bond motifs is 3. The lowest BCUT2D eigenvalue weighted by molar-refractivity contribution is -0.141. The van der Waals surface area contributed by atoms with Crippen LogP contribution in [0.25, 0.3) is 0 Å². The number of rotatable bonds is 0. The Balaban J connectivity index is 2.06. The van der Waals surface area contributed by atoms with Crippen LogP contribution < -0.4 is 0 Å². The van der Waals surface area contributed by atoms with Crippen LogP contribution in [0.1, 0.15) is 86.5 Å². The largest absolute Gasteiger partial charge is 0.299 e. The van der Waals surface area contributed by atoms with Gasteiger partial charge in [0.2, 0.25) is 0 Å². The first-order chi connectivity index (χ1) is 12.3. The second-order valence-electron chi connectivity index (χ2n) is 11.9. The van der Waals surface area contributed by atoms with Crippen LogP contribution in [0.15, 0.2) is 11.6 Å². The summed E-state index contributed by atoms with van der Waals surface area (Å²) in [7, 11) is -1.62. The lowest BCUT2D eigenvalue weighted by Crippen LogP contribution is -2.54. The highest BCUT2D eigenvalue weighted by atomic mass is 28.3. The summed E-state index contributed by atoms with van der Waals surface area (Å²) in [6.07, 6.45) is 10.3. The average molecular weight is 385 g/mol. The van der Waals surface area contributed by atoms with Crippen LogP contribution in [0.5, 0.6) is 0 Å². The van der Waals surface area contributed by atoms with Gasteiger partial charge >= 0.3 is 0 Å². The standard InChI is InChI=1S/C25H40OSi/c1-22(2,3)27(7,8)18-17-25-14-10-9-11-20(25)24(6)15-13-21(26)23(4,5)19(24)12-16-25/h11,19H,9-10,12-16H2,1-8H3/t19-,24-,25+/m0/s1. The molecule has 0 aromatic rings. The van der Waals surface area contributed by atoms with E-state index in [1.807, 2.05) is 0 Å². The lowest BCUT2D eigenvalue weighted by Gasteiger charge is -2.59. The first-order valence-electron chi connectivity index (χ1n) is 11.1. The van der Waals surface area contributed by atoms with Crippen LogP contribution in [0.3, 0.4) is 0 Å². The fraction of sp³-hybridized carbons (Fsp3) is 0.800. The van der Waals surface area contributed by atoms with E-state index in [1.165, 1.54) is 19.3 Å². The van der Waals surface area contributed by atoms with Gasteiger partial charge in [-0.05, 0) is 60.5 Å². The molecule has 0 spiro atoms. The SMILES string of the molecule is CC1(C)C(=O)CC[C@]2(C)C3=CCCC[C@]3(C#C[Si](C)(C)C(C)(C)C)CC[C@@H]12. The van der Waals surface area contributed by atoms with Gasteiger partial charge in [-0.2, -0.15) is 0 Å². The summed E-state index contributed by atoms with van der Waals surface area (Å²) in [6, 6.07) is 0. The minimum Gasteiger partial charge on any atom is -0.299 e. The van der Waals surface area contributed by atoms with Crippen molar-refractivity contribution in [1.29, 1.82) is 0 Å². The third-order valence-electron chi connectivity index (χ3n) is 8.87. The number of carbonyl (C=O) groups excluding carboxylic acids is 1. The molecule has 0 radical (unpaired) electrons. The van der Waals surface area contributed by atoms with Gasteiger partial charge in [-0.25, -0.2) is 0 Å². The lowest BCUT2D eigenvalue weighted by atomic mass is 9.44. The van der Waals surface area contributed by atoms with Crippen LogP contribution in [0, 0.1) is 33.6 Å². The van der Waals surface area contributed by atoms with E-state index in [0.29, 0.717) is 16.7 Å². The first kappa shape index (κ1) is 20.9. The Morgan fingerprint density at radius 3 is 2.41 bits per heavy atom. The van der Waals surface area contributed by atoms with Crippen molar-refractivity contribution in [3.63, 3.8) is 0 Å². The molecule has 0 amide bonds. The highest BCUT2D eigenvalue weighted by molar-refractivity contribution is 6.87. The number of allylic oxidation sites excluding steroid dienone is 2. The van der Waals surface area contributed by atoms with E-state index in [4.69, 9.17) is 0 Å². The molecule has 3 atom stereocenters. The molecule has 27 heavy (non-hydrogen) atoms. The van der Waals surface area contributed by atoms with E-state index in [1.54, 1.807) is 5.57 Å². The van der Waals surface area contributed by atoms with Crippen molar-refractivity contribution in [2.45, 2.75) is 105 Å². The second kappa shape index (κ2) is 6.35. The van der Waals surface area contributed by atoms with E-state index in [-0.39, 0.29) is 16.2 Å². The molecule has 2 fully saturated rings. The molecular formula is C25H40OSi. The quantitative estimate of drug-likeness (QED) is 0.251. The van der Waals surface area contributed by atoms with Crippen LogP contribution in [0.4, 0.5) is 0 Å². The fourth-order valence-electron chi connectivity index (χ4n) is 5.93. The topological polar surface area (TPSA) is 17.1 Å². The Bertz CT molecular complexity index is 724. The number of Topliss-reactive ketones (excluding diaryl/α,β-unsaturated/α-hetero) is 1. The Hall–Kier alpha value is -0.813. The van der Waals surface area contributed by atoms with Gasteiger partial charge in [0, 0.05) is 11.8 Å². The van der Waals surface area contributed by atoms with Crippen molar-refractivity contribution in [1.82, 2.24) is 0 Å². The molecule has 150 valence electrons. The summed E-state index contributed by atoms with van der Waals surface area (Å²) in [5, 5.41) is 0.301. The molecule has 0 aromatic carbocycles. The number of carbonyl (C=O) groups is 1. The molecular weight excluding hydrogens is 344 g/mol. The zero-order chi connectivity index (χ0) is 20.3. The number of ketones is 1. The molecule has 3 aliphatic carbocycles. The summed E-state index contributed by atoms with van der Waals surface area (Å²) in [5.41, 5.74) is 5.54. The highest BCUT2D eigenvalue weighted by Gasteiger charge is 2.59. The molecule has 2 heteroatoms. The van der Waals surface area contributed by atoms with Gasteiger partial charge in [0.15, 0.2) is 0 Å². The summed E-state index contributed by atoms with van der Waals surface area (Å²) < 4.78 is 0. The average Bonchev–Trinajstić information content (AvgIpc) is 2.56. The van der Waals surface area contributed by atoms with E-state index in [9.17, 15) is 4.79 Å². The normalized spacial score (nSPS) is 36.1. The second-order valence-corrected chi connectivity index (χ2v) is 16.9. The Morgan fingerprint density at radius 1 is 1.11 bits per heavy atom. The first-order valence-corrected chi connectivity index (χ1v) is 14.1. The van der Waals surface area contributed by atoms with Gasteiger partial charge in [-0.1, -0.05) is 66.6 Å². The van der Waals surface area contributed by atoms with Gasteiger partial charge in [0.1, 0.15) is 13.9 Å². The zero-order valence-corrected chi connectivity index (χ0v) is 20.0. The van der Waals surface area contributed by atoms with E-state index >= 15 is 0 Å². The van der Waals surface area contributed by atoms with E-state index < -0.39 is 8.07 Å². The van der Waals surface area contributed by atoms with Crippen LogP contribution in [-0.2, 0) is 4.79 Å². The minimum absolute atomic E-state index is 0.0789. The maximum absolute atomic E-state index is 12.7. The molecule has 0 bridgehead atoms. The van der Waals surface area contributed by atoms with Gasteiger partial charge in [-0.15, -0.1) is 5.54 Å². The molecule has 3 rings (SSSR count). The molecule has 0 N–H and O–H groups in total. The Morgan fingerprint density at radius 2 is 1.78 bits per heavy atom. The monoisotopic (exact) mass is 384 g/mol. The molecule has 0 saturated heterocycles. The highest BCUT2D eigenvalue weighted by Crippen LogP contribution is 2.65.